The molecule has 2 nitrogen and oxygen atoms in total. The van der Waals surface area contributed by atoms with E-state index in [1.807, 2.05) is 18.4 Å². The summed E-state index contributed by atoms with van der Waals surface area (Å²) in [6.07, 6.45) is 0.727. The SMILES string of the molecule is CC(C)NCC(C)(O)Cc1cccs1. The average Bonchev–Trinajstić information content (AvgIpc) is 2.53. The van der Waals surface area contributed by atoms with Crippen LogP contribution in [0.4, 0.5) is 0 Å². The van der Waals surface area contributed by atoms with Gasteiger partial charge in [0.15, 0.2) is 0 Å². The topological polar surface area (TPSA) is 32.3 Å². The summed E-state index contributed by atoms with van der Waals surface area (Å²) in [4.78, 5) is 1.24. The molecule has 0 saturated heterocycles. The van der Waals surface area contributed by atoms with Gasteiger partial charge in [0.2, 0.25) is 0 Å². The van der Waals surface area contributed by atoms with E-state index in [0.717, 1.165) is 6.42 Å². The highest BCUT2D eigenvalue weighted by Crippen LogP contribution is 2.17. The molecule has 0 aromatic carbocycles. The van der Waals surface area contributed by atoms with Crippen molar-refractivity contribution < 1.29 is 5.11 Å². The summed E-state index contributed by atoms with van der Waals surface area (Å²) in [5.74, 6) is 0. The van der Waals surface area contributed by atoms with Gasteiger partial charge in [-0.2, -0.15) is 0 Å². The third-order valence-corrected chi connectivity index (χ3v) is 2.90. The van der Waals surface area contributed by atoms with Crippen LogP contribution in [-0.4, -0.2) is 23.3 Å². The van der Waals surface area contributed by atoms with Crippen LogP contribution >= 0.6 is 11.3 Å². The van der Waals surface area contributed by atoms with E-state index in [1.165, 1.54) is 4.88 Å². The van der Waals surface area contributed by atoms with Gasteiger partial charge in [-0.3, -0.25) is 0 Å². The predicted octanol–water partition coefficient (Wildman–Crippen LogP) is 2.04. The van der Waals surface area contributed by atoms with E-state index >= 15 is 0 Å². The van der Waals surface area contributed by atoms with E-state index in [0.29, 0.717) is 12.6 Å². The number of hydrogen-bond acceptors (Lipinski definition) is 3. The Bertz CT molecular complexity index is 254. The molecule has 0 spiro atoms. The largest absolute Gasteiger partial charge is 0.388 e. The first-order valence-corrected chi connectivity index (χ1v) is 5.86. The van der Waals surface area contributed by atoms with Crippen molar-refractivity contribution in [1.82, 2.24) is 5.32 Å². The van der Waals surface area contributed by atoms with Gasteiger partial charge in [-0.1, -0.05) is 19.9 Å². The van der Waals surface area contributed by atoms with Crippen LogP contribution in [0.2, 0.25) is 0 Å². The number of rotatable bonds is 5. The molecular formula is C11H19NOS. The minimum Gasteiger partial charge on any atom is -0.388 e. The van der Waals surface area contributed by atoms with Gasteiger partial charge < -0.3 is 10.4 Å². The van der Waals surface area contributed by atoms with Crippen molar-refractivity contribution in [3.63, 3.8) is 0 Å². The molecule has 0 amide bonds. The maximum Gasteiger partial charge on any atom is 0.0791 e. The molecule has 0 aliphatic rings. The summed E-state index contributed by atoms with van der Waals surface area (Å²) in [6.45, 7) is 6.69. The highest BCUT2D eigenvalue weighted by molar-refractivity contribution is 7.09. The van der Waals surface area contributed by atoms with Crippen molar-refractivity contribution in [3.05, 3.63) is 22.4 Å². The monoisotopic (exact) mass is 213 g/mol. The standard InChI is InChI=1S/C11H19NOS/c1-9(2)12-8-11(3,13)7-10-5-4-6-14-10/h4-6,9,12-13H,7-8H2,1-3H3. The van der Waals surface area contributed by atoms with E-state index in [-0.39, 0.29) is 0 Å². The lowest BCUT2D eigenvalue weighted by atomic mass is 10.0. The van der Waals surface area contributed by atoms with E-state index in [4.69, 9.17) is 0 Å². The molecule has 1 atom stereocenters. The molecule has 0 fully saturated rings. The van der Waals surface area contributed by atoms with Gasteiger partial charge in [0.05, 0.1) is 5.60 Å². The van der Waals surface area contributed by atoms with Gasteiger partial charge in [0, 0.05) is 23.9 Å². The Labute approximate surface area is 90.0 Å². The molecule has 0 saturated carbocycles. The third-order valence-electron chi connectivity index (χ3n) is 2.03. The highest BCUT2D eigenvalue weighted by atomic mass is 32.1. The Morgan fingerprint density at radius 2 is 2.29 bits per heavy atom. The van der Waals surface area contributed by atoms with Crippen LogP contribution in [0.5, 0.6) is 0 Å². The van der Waals surface area contributed by atoms with Crippen LogP contribution < -0.4 is 5.32 Å². The Morgan fingerprint density at radius 1 is 1.57 bits per heavy atom. The Balaban J connectivity index is 2.41. The lowest BCUT2D eigenvalue weighted by Crippen LogP contribution is -2.42. The van der Waals surface area contributed by atoms with Crippen LogP contribution in [0.25, 0.3) is 0 Å². The highest BCUT2D eigenvalue weighted by Gasteiger charge is 2.21. The average molecular weight is 213 g/mol. The van der Waals surface area contributed by atoms with Crippen LogP contribution in [0.1, 0.15) is 25.6 Å². The summed E-state index contributed by atoms with van der Waals surface area (Å²) >= 11 is 1.70. The fraction of sp³-hybridized carbons (Fsp3) is 0.636. The summed E-state index contributed by atoms with van der Waals surface area (Å²) < 4.78 is 0. The van der Waals surface area contributed by atoms with Crippen LogP contribution in [0.3, 0.4) is 0 Å². The van der Waals surface area contributed by atoms with Crippen LogP contribution in [0.15, 0.2) is 17.5 Å². The number of aliphatic hydroxyl groups is 1. The maximum atomic E-state index is 10.1. The second-order valence-electron chi connectivity index (χ2n) is 4.29. The minimum absolute atomic E-state index is 0.421. The fourth-order valence-corrected chi connectivity index (χ4v) is 2.16. The summed E-state index contributed by atoms with van der Waals surface area (Å²) in [7, 11) is 0. The molecule has 0 aliphatic heterocycles. The second-order valence-corrected chi connectivity index (χ2v) is 5.32. The summed E-state index contributed by atoms with van der Waals surface area (Å²) in [6, 6.07) is 4.50. The quantitative estimate of drug-likeness (QED) is 0.784. The summed E-state index contributed by atoms with van der Waals surface area (Å²) in [5.41, 5.74) is -0.644. The molecule has 1 aromatic rings. The van der Waals surface area contributed by atoms with Crippen molar-refractivity contribution >= 4 is 11.3 Å². The molecular weight excluding hydrogens is 194 g/mol. The lowest BCUT2D eigenvalue weighted by molar-refractivity contribution is 0.0589. The third kappa shape index (κ3) is 4.22. The van der Waals surface area contributed by atoms with Gasteiger partial charge in [-0.05, 0) is 18.4 Å². The van der Waals surface area contributed by atoms with Crippen molar-refractivity contribution in [2.45, 2.75) is 38.8 Å². The molecule has 1 aromatic heterocycles. The van der Waals surface area contributed by atoms with Crippen molar-refractivity contribution in [1.29, 1.82) is 0 Å². The van der Waals surface area contributed by atoms with Gasteiger partial charge in [0.1, 0.15) is 0 Å². The smallest absolute Gasteiger partial charge is 0.0791 e. The van der Waals surface area contributed by atoms with Crippen LogP contribution in [0, 0.1) is 0 Å². The van der Waals surface area contributed by atoms with Gasteiger partial charge >= 0.3 is 0 Å². The maximum absolute atomic E-state index is 10.1. The summed E-state index contributed by atoms with van der Waals surface area (Å²) in [5, 5.41) is 15.4. The Kier molecular flexibility index (Phi) is 4.11. The molecule has 3 heteroatoms. The van der Waals surface area contributed by atoms with E-state index in [2.05, 4.69) is 25.2 Å². The zero-order valence-electron chi connectivity index (χ0n) is 9.08. The molecule has 2 N–H and O–H groups in total. The molecule has 0 aliphatic carbocycles. The first kappa shape index (κ1) is 11.7. The zero-order chi connectivity index (χ0) is 10.6. The number of hydrogen-bond donors (Lipinski definition) is 2. The van der Waals surface area contributed by atoms with E-state index < -0.39 is 5.60 Å². The molecule has 1 heterocycles. The molecule has 0 radical (unpaired) electrons. The molecule has 1 unspecified atom stereocenters. The fourth-order valence-electron chi connectivity index (χ4n) is 1.28. The first-order valence-electron chi connectivity index (χ1n) is 4.98. The first-order chi connectivity index (χ1) is 6.49. The van der Waals surface area contributed by atoms with Gasteiger partial charge in [-0.25, -0.2) is 0 Å². The minimum atomic E-state index is -0.644. The van der Waals surface area contributed by atoms with Crippen LogP contribution in [-0.2, 0) is 6.42 Å². The predicted molar refractivity (Wildman–Crippen MR) is 61.8 cm³/mol. The molecule has 1 rings (SSSR count). The number of thiophene rings is 1. The zero-order valence-corrected chi connectivity index (χ0v) is 9.90. The number of nitrogens with one attached hydrogen (secondary N) is 1. The molecule has 80 valence electrons. The molecule has 14 heavy (non-hydrogen) atoms. The van der Waals surface area contributed by atoms with Crippen molar-refractivity contribution in [2.75, 3.05) is 6.54 Å². The van der Waals surface area contributed by atoms with Gasteiger partial charge in [-0.15, -0.1) is 11.3 Å². The van der Waals surface area contributed by atoms with Gasteiger partial charge in [0.25, 0.3) is 0 Å². The Morgan fingerprint density at radius 3 is 2.79 bits per heavy atom. The lowest BCUT2D eigenvalue weighted by Gasteiger charge is -2.24. The normalized spacial score (nSPS) is 15.8. The Hall–Kier alpha value is -0.380. The van der Waals surface area contributed by atoms with E-state index in [9.17, 15) is 5.11 Å². The second kappa shape index (κ2) is 4.91. The van der Waals surface area contributed by atoms with Crippen molar-refractivity contribution in [3.8, 4) is 0 Å². The van der Waals surface area contributed by atoms with E-state index in [1.54, 1.807) is 11.3 Å². The van der Waals surface area contributed by atoms with Crippen molar-refractivity contribution in [2.24, 2.45) is 0 Å². The molecule has 0 bridgehead atoms.